The average Bonchev–Trinajstić information content (AvgIpc) is 2.75. The summed E-state index contributed by atoms with van der Waals surface area (Å²) in [5, 5.41) is 2.96. The van der Waals surface area contributed by atoms with Crippen molar-refractivity contribution >= 4 is 66.7 Å². The average molecular weight is 579 g/mol. The molecule has 0 radical (unpaired) electrons. The van der Waals surface area contributed by atoms with Gasteiger partial charge in [0.1, 0.15) is 12.6 Å². The number of nitrogens with one attached hydrogen (secondary N) is 1. The molecular formula is C22H26BrCl2N3O4S. The summed E-state index contributed by atoms with van der Waals surface area (Å²) in [6.45, 7) is 3.57. The van der Waals surface area contributed by atoms with Crippen LogP contribution in [0.4, 0.5) is 5.69 Å². The molecule has 0 fully saturated rings. The van der Waals surface area contributed by atoms with Gasteiger partial charge in [-0.3, -0.25) is 13.9 Å². The number of benzene rings is 2. The first-order chi connectivity index (χ1) is 15.5. The van der Waals surface area contributed by atoms with E-state index in [9.17, 15) is 18.0 Å². The molecule has 0 aliphatic rings. The molecule has 0 heterocycles. The normalized spacial score (nSPS) is 12.2. The van der Waals surface area contributed by atoms with Gasteiger partial charge in [-0.15, -0.1) is 0 Å². The minimum Gasteiger partial charge on any atom is -0.354 e. The van der Waals surface area contributed by atoms with Crippen molar-refractivity contribution in [3.8, 4) is 0 Å². The van der Waals surface area contributed by atoms with Crippen LogP contribution < -0.4 is 9.62 Å². The Bertz CT molecular complexity index is 1110. The van der Waals surface area contributed by atoms with Gasteiger partial charge < -0.3 is 10.2 Å². The van der Waals surface area contributed by atoms with Crippen LogP contribution in [0, 0.1) is 0 Å². The fraction of sp³-hybridized carbons (Fsp3) is 0.364. The van der Waals surface area contributed by atoms with Crippen LogP contribution in [-0.2, 0) is 26.2 Å². The molecular weight excluding hydrogens is 553 g/mol. The van der Waals surface area contributed by atoms with Crippen molar-refractivity contribution in [2.24, 2.45) is 0 Å². The van der Waals surface area contributed by atoms with E-state index in [0.717, 1.165) is 27.0 Å². The Balaban J connectivity index is 2.42. The van der Waals surface area contributed by atoms with Gasteiger partial charge in [0.25, 0.3) is 0 Å². The zero-order valence-corrected chi connectivity index (χ0v) is 22.4. The highest BCUT2D eigenvalue weighted by molar-refractivity contribution is 9.10. The first-order valence-corrected chi connectivity index (χ1v) is 13.6. The summed E-state index contributed by atoms with van der Waals surface area (Å²) >= 11 is 15.7. The van der Waals surface area contributed by atoms with Gasteiger partial charge in [0.15, 0.2) is 0 Å². The molecule has 0 aliphatic heterocycles. The van der Waals surface area contributed by atoms with Gasteiger partial charge in [-0.1, -0.05) is 64.3 Å². The maximum absolute atomic E-state index is 13.4. The van der Waals surface area contributed by atoms with Crippen LogP contribution in [0.1, 0.15) is 25.8 Å². The Morgan fingerprint density at radius 2 is 1.82 bits per heavy atom. The van der Waals surface area contributed by atoms with Crippen molar-refractivity contribution < 1.29 is 18.0 Å². The van der Waals surface area contributed by atoms with E-state index in [0.29, 0.717) is 6.54 Å². The maximum atomic E-state index is 13.4. The molecule has 33 heavy (non-hydrogen) atoms. The van der Waals surface area contributed by atoms with Gasteiger partial charge in [-0.25, -0.2) is 8.42 Å². The summed E-state index contributed by atoms with van der Waals surface area (Å²) in [7, 11) is -3.89. The van der Waals surface area contributed by atoms with E-state index in [2.05, 4.69) is 21.2 Å². The number of hydrogen-bond acceptors (Lipinski definition) is 4. The van der Waals surface area contributed by atoms with Gasteiger partial charge >= 0.3 is 0 Å². The zero-order chi connectivity index (χ0) is 24.8. The number of rotatable bonds is 10. The second-order valence-corrected chi connectivity index (χ2v) is 11.1. The second-order valence-electron chi connectivity index (χ2n) is 7.46. The first kappa shape index (κ1) is 27.4. The number of carbonyl (C=O) groups excluding carboxylic acids is 2. The molecule has 0 saturated heterocycles. The summed E-state index contributed by atoms with van der Waals surface area (Å²) in [5.74, 6) is -0.887. The lowest BCUT2D eigenvalue weighted by molar-refractivity contribution is -0.139. The van der Waals surface area contributed by atoms with Crippen LogP contribution in [0.25, 0.3) is 0 Å². The summed E-state index contributed by atoms with van der Waals surface area (Å²) < 4.78 is 26.9. The summed E-state index contributed by atoms with van der Waals surface area (Å²) in [6, 6.07) is 11.0. The van der Waals surface area contributed by atoms with Gasteiger partial charge in [0, 0.05) is 17.6 Å². The number of anilines is 1. The minimum absolute atomic E-state index is 0.0182. The fourth-order valence-electron chi connectivity index (χ4n) is 3.09. The summed E-state index contributed by atoms with van der Waals surface area (Å²) in [6.07, 6.45) is 1.72. The zero-order valence-electron chi connectivity index (χ0n) is 18.5. The molecule has 2 rings (SSSR count). The van der Waals surface area contributed by atoms with E-state index < -0.39 is 28.5 Å². The van der Waals surface area contributed by atoms with E-state index in [1.807, 2.05) is 31.2 Å². The second kappa shape index (κ2) is 12.1. The van der Waals surface area contributed by atoms with E-state index >= 15 is 0 Å². The third kappa shape index (κ3) is 7.60. The van der Waals surface area contributed by atoms with E-state index in [4.69, 9.17) is 23.2 Å². The standard InChI is InChI=1S/C22H26BrCl2N3O4S/c1-4-11-26-22(30)15(2)27(13-16-7-5-8-17(23)12-16)20(29)14-28(33(3,31)32)19-10-6-9-18(24)21(19)25/h5-10,12,15H,4,11,13-14H2,1-3H3,(H,26,30). The third-order valence-electron chi connectivity index (χ3n) is 4.84. The molecule has 2 aromatic carbocycles. The van der Waals surface area contributed by atoms with Gasteiger partial charge in [-0.05, 0) is 43.2 Å². The van der Waals surface area contributed by atoms with Crippen LogP contribution in [0.2, 0.25) is 10.0 Å². The molecule has 1 atom stereocenters. The van der Waals surface area contributed by atoms with Gasteiger partial charge in [0.2, 0.25) is 21.8 Å². The lowest BCUT2D eigenvalue weighted by atomic mass is 10.1. The highest BCUT2D eigenvalue weighted by Crippen LogP contribution is 2.33. The third-order valence-corrected chi connectivity index (χ3v) is 7.27. The topological polar surface area (TPSA) is 86.8 Å². The number of carbonyl (C=O) groups is 2. The van der Waals surface area contributed by atoms with Gasteiger partial charge in [-0.2, -0.15) is 0 Å². The molecule has 180 valence electrons. The van der Waals surface area contributed by atoms with Crippen LogP contribution in [0.15, 0.2) is 46.9 Å². The van der Waals surface area contributed by atoms with Crippen molar-refractivity contribution in [1.82, 2.24) is 10.2 Å². The number of sulfonamides is 1. The fourth-order valence-corrected chi connectivity index (χ4v) is 4.84. The number of amides is 2. The highest BCUT2D eigenvalue weighted by Gasteiger charge is 2.31. The predicted molar refractivity (Wildman–Crippen MR) is 136 cm³/mol. The van der Waals surface area contributed by atoms with Crippen LogP contribution in [-0.4, -0.2) is 50.5 Å². The van der Waals surface area contributed by atoms with E-state index in [-0.39, 0.29) is 28.2 Å². The first-order valence-electron chi connectivity index (χ1n) is 10.2. The SMILES string of the molecule is CCCNC(=O)C(C)N(Cc1cccc(Br)c1)C(=O)CN(c1cccc(Cl)c1Cl)S(C)(=O)=O. The molecule has 0 saturated carbocycles. The smallest absolute Gasteiger partial charge is 0.244 e. The maximum Gasteiger partial charge on any atom is 0.244 e. The molecule has 2 aromatic rings. The Labute approximate surface area is 213 Å². The van der Waals surface area contributed by atoms with Crippen molar-refractivity contribution in [2.75, 3.05) is 23.7 Å². The molecule has 2 amide bonds. The number of hydrogen-bond donors (Lipinski definition) is 1. The van der Waals surface area contributed by atoms with Crippen molar-refractivity contribution in [3.63, 3.8) is 0 Å². The largest absolute Gasteiger partial charge is 0.354 e. The number of nitrogens with zero attached hydrogens (tertiary/aromatic N) is 2. The van der Waals surface area contributed by atoms with Crippen LogP contribution >= 0.6 is 39.1 Å². The Morgan fingerprint density at radius 3 is 2.42 bits per heavy atom. The van der Waals surface area contributed by atoms with E-state index in [1.54, 1.807) is 13.0 Å². The molecule has 0 aromatic heterocycles. The lowest BCUT2D eigenvalue weighted by Gasteiger charge is -2.31. The Kier molecular flexibility index (Phi) is 10.0. The predicted octanol–water partition coefficient (Wildman–Crippen LogP) is 4.47. The van der Waals surface area contributed by atoms with Crippen molar-refractivity contribution in [1.29, 1.82) is 0 Å². The van der Waals surface area contributed by atoms with E-state index in [1.165, 1.54) is 17.0 Å². The van der Waals surface area contributed by atoms with Crippen LogP contribution in [0.3, 0.4) is 0 Å². The summed E-state index contributed by atoms with van der Waals surface area (Å²) in [4.78, 5) is 27.5. The Morgan fingerprint density at radius 1 is 1.15 bits per heavy atom. The van der Waals surface area contributed by atoms with Crippen LogP contribution in [0.5, 0.6) is 0 Å². The van der Waals surface area contributed by atoms with Crippen molar-refractivity contribution in [3.05, 3.63) is 62.5 Å². The molecule has 0 aliphatic carbocycles. The summed E-state index contributed by atoms with van der Waals surface area (Å²) in [5.41, 5.74) is 0.866. The molecule has 1 unspecified atom stereocenters. The molecule has 7 nitrogen and oxygen atoms in total. The monoisotopic (exact) mass is 577 g/mol. The lowest BCUT2D eigenvalue weighted by Crippen LogP contribution is -2.51. The van der Waals surface area contributed by atoms with Gasteiger partial charge in [0.05, 0.1) is 22.0 Å². The molecule has 11 heteroatoms. The highest BCUT2D eigenvalue weighted by atomic mass is 79.9. The van der Waals surface area contributed by atoms with Crippen molar-refractivity contribution in [2.45, 2.75) is 32.9 Å². The number of halogens is 3. The minimum atomic E-state index is -3.89. The quantitative estimate of drug-likeness (QED) is 0.451. The molecule has 0 bridgehead atoms. The Hall–Kier alpha value is -1.81. The molecule has 0 spiro atoms. The molecule has 1 N–H and O–H groups in total.